The number of ether oxygens (including phenoxy) is 1. The number of carbonyl (C=O) groups is 1. The molecule has 0 aliphatic rings. The second-order valence-corrected chi connectivity index (χ2v) is 5.22. The van der Waals surface area contributed by atoms with Crippen molar-refractivity contribution in [1.82, 2.24) is 15.1 Å². The fourth-order valence-electron chi connectivity index (χ4n) is 2.44. The molecule has 6 heteroatoms. The van der Waals surface area contributed by atoms with Crippen molar-refractivity contribution < 1.29 is 13.9 Å². The second-order valence-electron chi connectivity index (χ2n) is 5.22. The molecule has 124 valence electrons. The van der Waals surface area contributed by atoms with E-state index in [-0.39, 0.29) is 5.91 Å². The summed E-state index contributed by atoms with van der Waals surface area (Å²) < 4.78 is 12.2. The second kappa shape index (κ2) is 7.04. The number of rotatable bonds is 6. The highest BCUT2D eigenvalue weighted by Gasteiger charge is 2.16. The average Bonchev–Trinajstić information content (AvgIpc) is 3.29. The van der Waals surface area contributed by atoms with Gasteiger partial charge in [-0.2, -0.15) is 5.10 Å². The summed E-state index contributed by atoms with van der Waals surface area (Å²) in [5.41, 5.74) is 2.16. The standard InChI is InChI=1S/C18H19N3O3/c1-3-21-17(18(22)19-12-15-8-5-9-24-15)11-16(20-21)13-6-4-7-14(10-13)23-2/h4-11H,3,12H2,1-2H3,(H,19,22). The fraction of sp³-hybridized carbons (Fsp3) is 0.222. The Balaban J connectivity index is 1.82. The Labute approximate surface area is 140 Å². The van der Waals surface area contributed by atoms with Crippen LogP contribution in [-0.4, -0.2) is 22.8 Å². The quantitative estimate of drug-likeness (QED) is 0.756. The minimum Gasteiger partial charge on any atom is -0.497 e. The number of hydrogen-bond donors (Lipinski definition) is 1. The van der Waals surface area contributed by atoms with Gasteiger partial charge in [0.1, 0.15) is 17.2 Å². The maximum atomic E-state index is 12.4. The molecule has 3 rings (SSSR count). The summed E-state index contributed by atoms with van der Waals surface area (Å²) in [6, 6.07) is 13.0. The number of benzene rings is 1. The Bertz CT molecular complexity index is 822. The average molecular weight is 325 g/mol. The minimum atomic E-state index is -0.185. The summed E-state index contributed by atoms with van der Waals surface area (Å²) in [5.74, 6) is 1.27. The molecular weight excluding hydrogens is 306 g/mol. The van der Waals surface area contributed by atoms with Gasteiger partial charge in [-0.05, 0) is 37.3 Å². The van der Waals surface area contributed by atoms with Crippen molar-refractivity contribution in [2.24, 2.45) is 0 Å². The molecule has 0 aliphatic heterocycles. The number of carbonyl (C=O) groups excluding carboxylic acids is 1. The maximum Gasteiger partial charge on any atom is 0.269 e. The van der Waals surface area contributed by atoms with Gasteiger partial charge in [-0.15, -0.1) is 0 Å². The monoisotopic (exact) mass is 325 g/mol. The van der Waals surface area contributed by atoms with Crippen LogP contribution in [0.15, 0.2) is 53.1 Å². The minimum absolute atomic E-state index is 0.185. The molecule has 0 aliphatic carbocycles. The van der Waals surface area contributed by atoms with Crippen LogP contribution in [-0.2, 0) is 13.1 Å². The third-order valence-electron chi connectivity index (χ3n) is 3.68. The van der Waals surface area contributed by atoms with Gasteiger partial charge in [0.2, 0.25) is 0 Å². The smallest absolute Gasteiger partial charge is 0.269 e. The van der Waals surface area contributed by atoms with E-state index in [0.717, 1.165) is 17.0 Å². The summed E-state index contributed by atoms with van der Waals surface area (Å²) in [6.07, 6.45) is 1.58. The lowest BCUT2D eigenvalue weighted by atomic mass is 10.1. The Morgan fingerprint density at radius 3 is 2.88 bits per heavy atom. The van der Waals surface area contributed by atoms with E-state index in [1.807, 2.05) is 37.3 Å². The van der Waals surface area contributed by atoms with Crippen molar-refractivity contribution >= 4 is 5.91 Å². The van der Waals surface area contributed by atoms with Crippen molar-refractivity contribution in [1.29, 1.82) is 0 Å². The predicted molar refractivity (Wildman–Crippen MR) is 89.8 cm³/mol. The molecule has 1 N–H and O–H groups in total. The lowest BCUT2D eigenvalue weighted by molar-refractivity contribution is 0.0937. The molecule has 2 aromatic heterocycles. The molecule has 0 spiro atoms. The maximum absolute atomic E-state index is 12.4. The van der Waals surface area contributed by atoms with E-state index in [2.05, 4.69) is 10.4 Å². The van der Waals surface area contributed by atoms with E-state index < -0.39 is 0 Å². The van der Waals surface area contributed by atoms with Crippen LogP contribution >= 0.6 is 0 Å². The van der Waals surface area contributed by atoms with E-state index >= 15 is 0 Å². The molecule has 0 saturated heterocycles. The topological polar surface area (TPSA) is 69.3 Å². The molecule has 0 saturated carbocycles. The van der Waals surface area contributed by atoms with Crippen LogP contribution in [0.5, 0.6) is 5.75 Å². The lowest BCUT2D eigenvalue weighted by Crippen LogP contribution is -2.25. The summed E-state index contributed by atoms with van der Waals surface area (Å²) in [6.45, 7) is 2.90. The van der Waals surface area contributed by atoms with Crippen molar-refractivity contribution in [3.63, 3.8) is 0 Å². The number of hydrogen-bond acceptors (Lipinski definition) is 4. The Kier molecular flexibility index (Phi) is 4.65. The molecule has 24 heavy (non-hydrogen) atoms. The zero-order valence-corrected chi connectivity index (χ0v) is 13.7. The molecule has 0 bridgehead atoms. The number of nitrogens with zero attached hydrogens (tertiary/aromatic N) is 2. The first-order chi connectivity index (χ1) is 11.7. The lowest BCUT2D eigenvalue weighted by Gasteiger charge is -2.04. The van der Waals surface area contributed by atoms with Crippen LogP contribution in [0, 0.1) is 0 Å². The predicted octanol–water partition coefficient (Wildman–Crippen LogP) is 3.10. The number of furan rings is 1. The Morgan fingerprint density at radius 2 is 2.17 bits per heavy atom. The number of methoxy groups -OCH3 is 1. The van der Waals surface area contributed by atoms with E-state index in [1.165, 1.54) is 0 Å². The van der Waals surface area contributed by atoms with E-state index in [9.17, 15) is 4.79 Å². The van der Waals surface area contributed by atoms with Gasteiger partial charge < -0.3 is 14.5 Å². The molecule has 0 radical (unpaired) electrons. The Hall–Kier alpha value is -3.02. The van der Waals surface area contributed by atoms with Gasteiger partial charge in [0.15, 0.2) is 0 Å². The van der Waals surface area contributed by atoms with Gasteiger partial charge in [-0.3, -0.25) is 9.48 Å². The van der Waals surface area contributed by atoms with Crippen LogP contribution in [0.3, 0.4) is 0 Å². The molecule has 2 heterocycles. The molecular formula is C18H19N3O3. The van der Waals surface area contributed by atoms with E-state index in [0.29, 0.717) is 24.5 Å². The van der Waals surface area contributed by atoms with Gasteiger partial charge >= 0.3 is 0 Å². The zero-order chi connectivity index (χ0) is 16.9. The summed E-state index contributed by atoms with van der Waals surface area (Å²) in [5, 5.41) is 7.36. The Morgan fingerprint density at radius 1 is 1.29 bits per heavy atom. The molecule has 0 unspecified atom stereocenters. The normalized spacial score (nSPS) is 10.6. The fourth-order valence-corrected chi connectivity index (χ4v) is 2.44. The van der Waals surface area contributed by atoms with Gasteiger partial charge in [0.05, 0.1) is 25.6 Å². The molecule has 1 aromatic carbocycles. The van der Waals surface area contributed by atoms with Crippen molar-refractivity contribution in [2.75, 3.05) is 7.11 Å². The van der Waals surface area contributed by atoms with E-state index in [4.69, 9.17) is 9.15 Å². The first-order valence-electron chi connectivity index (χ1n) is 7.74. The molecule has 0 fully saturated rings. The first kappa shape index (κ1) is 15.9. The van der Waals surface area contributed by atoms with Crippen LogP contribution < -0.4 is 10.1 Å². The van der Waals surface area contributed by atoms with Gasteiger partial charge in [-0.25, -0.2) is 0 Å². The largest absolute Gasteiger partial charge is 0.497 e. The van der Waals surface area contributed by atoms with Crippen LogP contribution in [0.1, 0.15) is 23.2 Å². The zero-order valence-electron chi connectivity index (χ0n) is 13.7. The van der Waals surface area contributed by atoms with Crippen LogP contribution in [0.25, 0.3) is 11.3 Å². The van der Waals surface area contributed by atoms with Gasteiger partial charge in [0, 0.05) is 12.1 Å². The number of nitrogens with one attached hydrogen (secondary N) is 1. The third kappa shape index (κ3) is 3.32. The van der Waals surface area contributed by atoms with E-state index in [1.54, 1.807) is 30.2 Å². The van der Waals surface area contributed by atoms with Gasteiger partial charge in [0.25, 0.3) is 5.91 Å². The number of aromatic nitrogens is 2. The molecule has 1 amide bonds. The van der Waals surface area contributed by atoms with Gasteiger partial charge in [-0.1, -0.05) is 12.1 Å². The highest BCUT2D eigenvalue weighted by atomic mass is 16.5. The third-order valence-corrected chi connectivity index (χ3v) is 3.68. The summed E-state index contributed by atoms with van der Waals surface area (Å²) in [7, 11) is 1.62. The molecule has 6 nitrogen and oxygen atoms in total. The highest BCUT2D eigenvalue weighted by Crippen LogP contribution is 2.23. The number of aryl methyl sites for hydroxylation is 1. The van der Waals surface area contributed by atoms with Crippen LogP contribution in [0.2, 0.25) is 0 Å². The summed E-state index contributed by atoms with van der Waals surface area (Å²) >= 11 is 0. The van der Waals surface area contributed by atoms with Crippen molar-refractivity contribution in [3.8, 4) is 17.0 Å². The molecule has 0 atom stereocenters. The summed E-state index contributed by atoms with van der Waals surface area (Å²) in [4.78, 5) is 12.4. The molecule has 3 aromatic rings. The van der Waals surface area contributed by atoms with Crippen molar-refractivity contribution in [2.45, 2.75) is 20.0 Å². The first-order valence-corrected chi connectivity index (χ1v) is 7.74. The SMILES string of the molecule is CCn1nc(-c2cccc(OC)c2)cc1C(=O)NCc1ccco1. The highest BCUT2D eigenvalue weighted by molar-refractivity contribution is 5.93. The number of amides is 1. The van der Waals surface area contributed by atoms with Crippen molar-refractivity contribution in [3.05, 3.63) is 60.2 Å². The van der Waals surface area contributed by atoms with Crippen LogP contribution in [0.4, 0.5) is 0 Å².